The summed E-state index contributed by atoms with van der Waals surface area (Å²) in [6, 6.07) is 0. The Hall–Kier alpha value is -1.46. The Morgan fingerprint density at radius 1 is 1.70 bits per heavy atom. The Labute approximate surface area is 55.9 Å². The van der Waals surface area contributed by atoms with E-state index in [1.165, 1.54) is 0 Å². The molecule has 0 aliphatic heterocycles. The predicted molar refractivity (Wildman–Crippen MR) is 28.6 cm³/mol. The Bertz CT molecular complexity index is 154. The second-order valence-corrected chi connectivity index (χ2v) is 1.39. The fourth-order valence-corrected chi connectivity index (χ4v) is 0.295. The molecule has 56 valence electrons. The predicted octanol–water partition coefficient (Wildman–Crippen LogP) is -0.647. The zero-order chi connectivity index (χ0) is 7.98. The maximum atomic E-state index is 10.2. The molecule has 10 heavy (non-hydrogen) atoms. The number of hydrogen-bond acceptors (Lipinski definition) is 5. The van der Waals surface area contributed by atoms with Gasteiger partial charge in [0.25, 0.3) is 0 Å². The summed E-state index contributed by atoms with van der Waals surface area (Å²) in [4.78, 5) is 28.6. The van der Waals surface area contributed by atoms with Gasteiger partial charge >= 0.3 is 12.4 Å². The Kier molecular flexibility index (Phi) is 3.78. The van der Waals surface area contributed by atoms with Gasteiger partial charge in [-0.2, -0.15) is 0 Å². The van der Waals surface area contributed by atoms with E-state index < -0.39 is 17.4 Å². The molecular weight excluding hydrogens is 142 g/mol. The first-order chi connectivity index (χ1) is 4.66. The summed E-state index contributed by atoms with van der Waals surface area (Å²) in [5.41, 5.74) is 0. The molecule has 0 aliphatic carbocycles. The van der Waals surface area contributed by atoms with E-state index in [2.05, 4.69) is 4.74 Å². The molecule has 0 aromatic rings. The van der Waals surface area contributed by atoms with E-state index in [1.54, 1.807) is 0 Å². The average Bonchev–Trinajstić information content (AvgIpc) is 1.85. The lowest BCUT2D eigenvalue weighted by Crippen LogP contribution is -2.10. The molecule has 0 atom stereocenters. The van der Waals surface area contributed by atoms with Gasteiger partial charge in [0, 0.05) is 4.92 Å². The SMILES string of the molecule is O=COC(=O)CC[N+](=O)[O-]. The van der Waals surface area contributed by atoms with E-state index in [0.29, 0.717) is 0 Å². The molecule has 0 amide bonds. The summed E-state index contributed by atoms with van der Waals surface area (Å²) in [6.45, 7) is -0.561. The molecule has 0 aromatic carbocycles. The molecule has 0 aliphatic rings. The van der Waals surface area contributed by atoms with Crippen molar-refractivity contribution in [2.24, 2.45) is 0 Å². The van der Waals surface area contributed by atoms with Gasteiger partial charge in [0.15, 0.2) is 0 Å². The summed E-state index contributed by atoms with van der Waals surface area (Å²) in [7, 11) is 0. The normalized spacial score (nSPS) is 8.40. The lowest BCUT2D eigenvalue weighted by Gasteiger charge is -1.90. The molecule has 0 saturated heterocycles. The van der Waals surface area contributed by atoms with Gasteiger partial charge in [0.2, 0.25) is 6.54 Å². The van der Waals surface area contributed by atoms with E-state index in [4.69, 9.17) is 0 Å². The summed E-state index contributed by atoms with van der Waals surface area (Å²) >= 11 is 0. The summed E-state index contributed by atoms with van der Waals surface area (Å²) in [5.74, 6) is -0.883. The first-order valence-electron chi connectivity index (χ1n) is 2.41. The molecule has 0 rings (SSSR count). The van der Waals surface area contributed by atoms with Crippen LogP contribution in [-0.4, -0.2) is 23.9 Å². The second kappa shape index (κ2) is 4.42. The molecule has 0 aromatic heterocycles. The van der Waals surface area contributed by atoms with Crippen molar-refractivity contribution in [1.82, 2.24) is 0 Å². The van der Waals surface area contributed by atoms with Gasteiger partial charge in [-0.15, -0.1) is 0 Å². The van der Waals surface area contributed by atoms with Crippen molar-refractivity contribution in [3.05, 3.63) is 10.1 Å². The minimum Gasteiger partial charge on any atom is -0.395 e. The van der Waals surface area contributed by atoms with Gasteiger partial charge in [-0.1, -0.05) is 0 Å². The van der Waals surface area contributed by atoms with Crippen LogP contribution in [0.4, 0.5) is 0 Å². The van der Waals surface area contributed by atoms with Gasteiger partial charge < -0.3 is 4.74 Å². The minimum atomic E-state index is -0.883. The highest BCUT2D eigenvalue weighted by Crippen LogP contribution is 1.83. The topological polar surface area (TPSA) is 86.5 Å². The molecule has 0 unspecified atom stereocenters. The number of nitrogens with zero attached hydrogens (tertiary/aromatic N) is 1. The van der Waals surface area contributed by atoms with Crippen molar-refractivity contribution >= 4 is 12.4 Å². The molecule has 0 N–H and O–H groups in total. The number of carbonyl (C=O) groups excluding carboxylic acids is 2. The van der Waals surface area contributed by atoms with Crippen molar-refractivity contribution in [3.63, 3.8) is 0 Å². The van der Waals surface area contributed by atoms with Crippen LogP contribution in [0.2, 0.25) is 0 Å². The fraction of sp³-hybridized carbons (Fsp3) is 0.500. The standard InChI is InChI=1S/C4H5NO5/c6-3-10-4(7)1-2-5(8)9/h3H,1-2H2. The molecule has 0 radical (unpaired) electrons. The van der Waals surface area contributed by atoms with Crippen molar-refractivity contribution in [3.8, 4) is 0 Å². The highest BCUT2D eigenvalue weighted by Gasteiger charge is 2.06. The number of carbonyl (C=O) groups is 2. The largest absolute Gasteiger partial charge is 0.395 e. The molecule has 0 bridgehead atoms. The zero-order valence-corrected chi connectivity index (χ0v) is 4.98. The van der Waals surface area contributed by atoms with Gasteiger partial charge in [0.1, 0.15) is 6.42 Å². The van der Waals surface area contributed by atoms with Crippen molar-refractivity contribution < 1.29 is 19.2 Å². The third kappa shape index (κ3) is 4.69. The van der Waals surface area contributed by atoms with Crippen LogP contribution < -0.4 is 0 Å². The summed E-state index contributed by atoms with van der Waals surface area (Å²) in [6.07, 6.45) is -0.369. The molecule has 6 nitrogen and oxygen atoms in total. The van der Waals surface area contributed by atoms with E-state index in [9.17, 15) is 19.7 Å². The third-order valence-corrected chi connectivity index (χ3v) is 0.678. The fourth-order valence-electron chi connectivity index (χ4n) is 0.295. The van der Waals surface area contributed by atoms with E-state index in [1.807, 2.05) is 0 Å². The smallest absolute Gasteiger partial charge is 0.319 e. The molecule has 6 heteroatoms. The van der Waals surface area contributed by atoms with Crippen LogP contribution in [0.5, 0.6) is 0 Å². The van der Waals surface area contributed by atoms with Crippen molar-refractivity contribution in [2.75, 3.05) is 6.54 Å². The van der Waals surface area contributed by atoms with Crippen LogP contribution in [0.25, 0.3) is 0 Å². The highest BCUT2D eigenvalue weighted by molar-refractivity contribution is 5.76. The van der Waals surface area contributed by atoms with Crippen LogP contribution in [-0.2, 0) is 14.3 Å². The monoisotopic (exact) mass is 147 g/mol. The van der Waals surface area contributed by atoms with E-state index >= 15 is 0 Å². The van der Waals surface area contributed by atoms with Crippen molar-refractivity contribution in [1.29, 1.82) is 0 Å². The molecule has 0 fully saturated rings. The molecule has 0 saturated carbocycles. The molecule has 0 spiro atoms. The highest BCUT2D eigenvalue weighted by atomic mass is 16.6. The zero-order valence-electron chi connectivity index (χ0n) is 4.98. The summed E-state index contributed by atoms with van der Waals surface area (Å²) < 4.78 is 3.77. The van der Waals surface area contributed by atoms with Crippen LogP contribution in [0.1, 0.15) is 6.42 Å². The van der Waals surface area contributed by atoms with Crippen LogP contribution in [0.15, 0.2) is 0 Å². The van der Waals surface area contributed by atoms with Gasteiger partial charge in [-0.25, -0.2) is 0 Å². The minimum absolute atomic E-state index is 0.0533. The van der Waals surface area contributed by atoms with Gasteiger partial charge in [-0.3, -0.25) is 19.7 Å². The lowest BCUT2D eigenvalue weighted by atomic mass is 10.4. The Morgan fingerprint density at radius 3 is 2.70 bits per heavy atom. The van der Waals surface area contributed by atoms with Crippen LogP contribution in [0.3, 0.4) is 0 Å². The number of nitro groups is 1. The summed E-state index contributed by atoms with van der Waals surface area (Å²) in [5, 5.41) is 9.62. The van der Waals surface area contributed by atoms with Gasteiger partial charge in [-0.05, 0) is 0 Å². The maximum Gasteiger partial charge on any atom is 0.319 e. The second-order valence-electron chi connectivity index (χ2n) is 1.39. The van der Waals surface area contributed by atoms with E-state index in [0.717, 1.165) is 0 Å². The number of hydrogen-bond donors (Lipinski definition) is 0. The maximum absolute atomic E-state index is 10.2. The van der Waals surface area contributed by atoms with Crippen LogP contribution in [0, 0.1) is 10.1 Å². The number of ether oxygens (including phenoxy) is 1. The number of esters is 1. The first kappa shape index (κ1) is 8.54. The van der Waals surface area contributed by atoms with Gasteiger partial charge in [0.05, 0.1) is 0 Å². The molecular formula is C4H5NO5. The van der Waals surface area contributed by atoms with Crippen LogP contribution >= 0.6 is 0 Å². The average molecular weight is 147 g/mol. The number of rotatable bonds is 4. The molecule has 0 heterocycles. The Balaban J connectivity index is 3.39. The quantitative estimate of drug-likeness (QED) is 0.173. The lowest BCUT2D eigenvalue weighted by molar-refractivity contribution is -0.478. The Morgan fingerprint density at radius 2 is 2.30 bits per heavy atom. The van der Waals surface area contributed by atoms with Crippen molar-refractivity contribution in [2.45, 2.75) is 6.42 Å². The van der Waals surface area contributed by atoms with E-state index in [-0.39, 0.29) is 12.9 Å². The third-order valence-electron chi connectivity index (χ3n) is 0.678. The first-order valence-corrected chi connectivity index (χ1v) is 2.41.